The number of hydrogen-bond donors (Lipinski definition) is 0. The van der Waals surface area contributed by atoms with Gasteiger partial charge in [0.2, 0.25) is 18.6 Å². The van der Waals surface area contributed by atoms with Crippen molar-refractivity contribution in [2.75, 3.05) is 46.1 Å². The van der Waals surface area contributed by atoms with Gasteiger partial charge in [-0.05, 0) is 36.0 Å². The minimum Gasteiger partial charge on any atom is -0.454 e. The van der Waals surface area contributed by atoms with Crippen LogP contribution in [0, 0.1) is 28.6 Å². The van der Waals surface area contributed by atoms with Gasteiger partial charge in [0, 0.05) is 38.6 Å². The van der Waals surface area contributed by atoms with Gasteiger partial charge in [-0.2, -0.15) is 0 Å². The number of rotatable bonds is 4. The number of carbonyl (C=O) groups excluding carboxylic acids is 2. The van der Waals surface area contributed by atoms with Crippen LogP contribution in [0.2, 0.25) is 0 Å². The lowest BCUT2D eigenvalue weighted by Gasteiger charge is -2.47. The second-order valence-electron chi connectivity index (χ2n) is 10.5. The Morgan fingerprint density at radius 3 is 2.45 bits per heavy atom. The van der Waals surface area contributed by atoms with Gasteiger partial charge in [-0.3, -0.25) is 24.3 Å². The highest BCUT2D eigenvalue weighted by Crippen LogP contribution is 2.59. The Kier molecular flexibility index (Phi) is 5.62. The highest BCUT2D eigenvalue weighted by molar-refractivity contribution is 6.04. The van der Waals surface area contributed by atoms with Crippen LogP contribution < -0.4 is 9.47 Å². The number of amides is 2. The maximum atomic E-state index is 13.1. The minimum atomic E-state index is -0.457. The number of benzene rings is 1. The Bertz CT molecular complexity index is 1020. The number of likely N-dealkylation sites (tertiary alicyclic amines) is 1. The molecule has 0 unspecified atom stereocenters. The number of fused-ring (bicyclic) bond motifs is 3. The Morgan fingerprint density at radius 2 is 1.67 bits per heavy atom. The highest BCUT2D eigenvalue weighted by atomic mass is 16.7. The fourth-order valence-electron chi connectivity index (χ4n) is 5.76. The van der Waals surface area contributed by atoms with Crippen LogP contribution in [0.1, 0.15) is 39.2 Å². The molecule has 1 aliphatic carbocycles. The molecule has 2 atom stereocenters. The lowest BCUT2D eigenvalue weighted by molar-refractivity contribution is -0.166. The van der Waals surface area contributed by atoms with Crippen LogP contribution in [-0.4, -0.2) is 72.6 Å². The molecule has 0 aromatic heterocycles. The van der Waals surface area contributed by atoms with Crippen LogP contribution in [0.3, 0.4) is 0 Å². The van der Waals surface area contributed by atoms with Gasteiger partial charge >= 0.3 is 0 Å². The van der Waals surface area contributed by atoms with E-state index in [0.717, 1.165) is 57.1 Å². The first-order valence-corrected chi connectivity index (χ1v) is 11.9. The molecule has 2 amide bonds. The molecule has 0 spiro atoms. The summed E-state index contributed by atoms with van der Waals surface area (Å²) in [5.74, 6) is 7.81. The lowest BCUT2D eigenvalue weighted by Crippen LogP contribution is -2.59. The zero-order valence-electron chi connectivity index (χ0n) is 19.9. The van der Waals surface area contributed by atoms with Crippen molar-refractivity contribution in [2.45, 2.75) is 40.2 Å². The molecule has 0 N–H and O–H groups in total. The molecule has 2 saturated heterocycles. The SMILES string of the molecule is CC1(C)[C@@H]2CC[C@]1(C)C(=O)N(CC#CCN1CCN(Cc3ccc4c(c3)OCO4)CC1)C2=O. The van der Waals surface area contributed by atoms with E-state index in [1.54, 1.807) is 0 Å². The van der Waals surface area contributed by atoms with Gasteiger partial charge in [-0.25, -0.2) is 0 Å². The number of piperidine rings is 1. The van der Waals surface area contributed by atoms with Crippen molar-refractivity contribution in [3.8, 4) is 23.3 Å². The molecule has 1 saturated carbocycles. The predicted molar refractivity (Wildman–Crippen MR) is 123 cm³/mol. The number of nitrogens with zero attached hydrogens (tertiary/aromatic N) is 3. The molecule has 176 valence electrons. The minimum absolute atomic E-state index is 0.0357. The summed E-state index contributed by atoms with van der Waals surface area (Å²) in [4.78, 5) is 32.2. The van der Waals surface area contributed by atoms with Gasteiger partial charge in [-0.1, -0.05) is 38.7 Å². The van der Waals surface area contributed by atoms with Crippen molar-refractivity contribution in [3.63, 3.8) is 0 Å². The fourth-order valence-corrected chi connectivity index (χ4v) is 5.76. The normalized spacial score (nSPS) is 28.7. The molecule has 7 heteroatoms. The molecule has 3 aliphatic heterocycles. The number of piperazine rings is 1. The third-order valence-corrected chi connectivity index (χ3v) is 8.48. The lowest BCUT2D eigenvalue weighted by atomic mass is 9.62. The topological polar surface area (TPSA) is 62.3 Å². The van der Waals surface area contributed by atoms with Crippen molar-refractivity contribution in [1.82, 2.24) is 14.7 Å². The van der Waals surface area contributed by atoms with Crippen LogP contribution in [-0.2, 0) is 16.1 Å². The van der Waals surface area contributed by atoms with Gasteiger partial charge < -0.3 is 9.47 Å². The van der Waals surface area contributed by atoms with Crippen molar-refractivity contribution in [3.05, 3.63) is 23.8 Å². The van der Waals surface area contributed by atoms with Gasteiger partial charge in [0.15, 0.2) is 11.5 Å². The van der Waals surface area contributed by atoms with E-state index in [1.807, 2.05) is 13.0 Å². The van der Waals surface area contributed by atoms with Crippen LogP contribution in [0.15, 0.2) is 18.2 Å². The van der Waals surface area contributed by atoms with E-state index in [0.29, 0.717) is 13.3 Å². The standard InChI is InChI=1S/C26H33N3O4/c1-25(2)20-8-9-26(25,3)24(31)29(23(20)30)11-5-4-10-27-12-14-28(15-13-27)17-19-6-7-21-22(16-19)33-18-32-21/h6-7,16,20H,8-15,17-18H2,1-3H3/t20-,26-/m1/s1. The zero-order valence-corrected chi connectivity index (χ0v) is 19.9. The molecule has 0 radical (unpaired) electrons. The molecule has 2 bridgehead atoms. The molecule has 1 aromatic carbocycles. The third kappa shape index (κ3) is 3.79. The highest BCUT2D eigenvalue weighted by Gasteiger charge is 2.64. The molecule has 3 fully saturated rings. The molecule has 33 heavy (non-hydrogen) atoms. The van der Waals surface area contributed by atoms with E-state index in [9.17, 15) is 9.59 Å². The Hall–Kier alpha value is -2.56. The number of carbonyl (C=O) groups is 2. The Labute approximate surface area is 196 Å². The second kappa shape index (κ2) is 8.34. The molecule has 5 rings (SSSR count). The zero-order chi connectivity index (χ0) is 23.2. The van der Waals surface area contributed by atoms with E-state index >= 15 is 0 Å². The fraction of sp³-hybridized carbons (Fsp3) is 0.615. The number of imide groups is 1. The molecule has 4 aliphatic rings. The summed E-state index contributed by atoms with van der Waals surface area (Å²) in [6, 6.07) is 6.15. The molecule has 7 nitrogen and oxygen atoms in total. The summed E-state index contributed by atoms with van der Waals surface area (Å²) >= 11 is 0. The first-order chi connectivity index (χ1) is 15.8. The summed E-state index contributed by atoms with van der Waals surface area (Å²) in [7, 11) is 0. The first kappa shape index (κ1) is 22.2. The summed E-state index contributed by atoms with van der Waals surface area (Å²) in [6.07, 6.45) is 1.59. The number of ether oxygens (including phenoxy) is 2. The van der Waals surface area contributed by atoms with E-state index in [-0.39, 0.29) is 29.7 Å². The largest absolute Gasteiger partial charge is 0.454 e. The third-order valence-electron chi connectivity index (χ3n) is 8.48. The average molecular weight is 452 g/mol. The smallest absolute Gasteiger partial charge is 0.236 e. The van der Waals surface area contributed by atoms with Crippen LogP contribution in [0.4, 0.5) is 0 Å². The quantitative estimate of drug-likeness (QED) is 0.517. The molecule has 3 heterocycles. The predicted octanol–water partition coefficient (Wildman–Crippen LogP) is 2.35. The van der Waals surface area contributed by atoms with Crippen molar-refractivity contribution < 1.29 is 19.1 Å². The van der Waals surface area contributed by atoms with Gasteiger partial charge in [-0.15, -0.1) is 0 Å². The first-order valence-electron chi connectivity index (χ1n) is 11.9. The van der Waals surface area contributed by atoms with E-state index in [2.05, 4.69) is 47.6 Å². The van der Waals surface area contributed by atoms with Crippen molar-refractivity contribution >= 4 is 11.8 Å². The monoisotopic (exact) mass is 451 g/mol. The summed E-state index contributed by atoms with van der Waals surface area (Å²) in [6.45, 7) is 12.1. The van der Waals surface area contributed by atoms with E-state index in [4.69, 9.17) is 9.47 Å². The maximum absolute atomic E-state index is 13.1. The van der Waals surface area contributed by atoms with Crippen LogP contribution in [0.25, 0.3) is 0 Å². The average Bonchev–Trinajstić information content (AvgIpc) is 3.33. The van der Waals surface area contributed by atoms with Crippen molar-refractivity contribution in [1.29, 1.82) is 0 Å². The summed E-state index contributed by atoms with van der Waals surface area (Å²) in [5.41, 5.74) is 0.502. The van der Waals surface area contributed by atoms with Gasteiger partial charge in [0.25, 0.3) is 0 Å². The molecular formula is C26H33N3O4. The van der Waals surface area contributed by atoms with Crippen LogP contribution >= 0.6 is 0 Å². The Morgan fingerprint density at radius 1 is 0.970 bits per heavy atom. The second-order valence-corrected chi connectivity index (χ2v) is 10.5. The maximum Gasteiger partial charge on any atom is 0.236 e. The number of hydrogen-bond acceptors (Lipinski definition) is 6. The van der Waals surface area contributed by atoms with E-state index < -0.39 is 5.41 Å². The summed E-state index contributed by atoms with van der Waals surface area (Å²) < 4.78 is 10.9. The molecule has 1 aromatic rings. The Balaban J connectivity index is 1.10. The summed E-state index contributed by atoms with van der Waals surface area (Å²) in [5, 5.41) is 0. The van der Waals surface area contributed by atoms with Crippen molar-refractivity contribution in [2.24, 2.45) is 16.7 Å². The molecular weight excluding hydrogens is 418 g/mol. The van der Waals surface area contributed by atoms with Crippen LogP contribution in [0.5, 0.6) is 11.5 Å². The van der Waals surface area contributed by atoms with Gasteiger partial charge in [0.05, 0.1) is 18.5 Å². The van der Waals surface area contributed by atoms with Gasteiger partial charge in [0.1, 0.15) is 0 Å². The van der Waals surface area contributed by atoms with E-state index in [1.165, 1.54) is 10.5 Å².